The van der Waals surface area contributed by atoms with Crippen LogP contribution in [0.25, 0.3) is 0 Å². The average molecular weight is 334 g/mol. The molecule has 122 valence electrons. The molecule has 23 heavy (non-hydrogen) atoms. The monoisotopic (exact) mass is 334 g/mol. The number of benzene rings is 1. The number of carboxylic acids is 1. The molecule has 1 heterocycles. The first kappa shape index (κ1) is 17.2. The van der Waals surface area contributed by atoms with E-state index < -0.39 is 16.8 Å². The minimum Gasteiger partial charge on any atom is -0.478 e. The molecular weight excluding hydrogens is 316 g/mol. The second kappa shape index (κ2) is 6.95. The Morgan fingerprint density at radius 3 is 2.70 bits per heavy atom. The van der Waals surface area contributed by atoms with E-state index in [2.05, 4.69) is 4.99 Å². The maximum absolute atomic E-state index is 11.8. The van der Waals surface area contributed by atoms with E-state index >= 15 is 0 Å². The average Bonchev–Trinajstić information content (AvgIpc) is 2.49. The second-order valence-corrected chi connectivity index (χ2v) is 6.68. The van der Waals surface area contributed by atoms with Crippen LogP contribution in [0.1, 0.15) is 32.3 Å². The minimum absolute atomic E-state index is 0.0368. The Hall–Kier alpha value is -2.15. The first-order chi connectivity index (χ1) is 10.9. The van der Waals surface area contributed by atoms with E-state index in [1.807, 2.05) is 13.8 Å². The number of nitrogens with zero attached hydrogens (tertiary/aromatic N) is 2. The third-order valence-corrected chi connectivity index (χ3v) is 5.08. The number of aliphatic imine (C=N–C) groups is 1. The van der Waals surface area contributed by atoms with Crippen molar-refractivity contribution in [1.82, 2.24) is 0 Å². The third-order valence-electron chi connectivity index (χ3n) is 3.78. The van der Waals surface area contributed by atoms with Crippen LogP contribution in [0.3, 0.4) is 0 Å². The largest absolute Gasteiger partial charge is 0.478 e. The smallest absolute Gasteiger partial charge is 0.334 e. The molecule has 0 saturated heterocycles. The summed E-state index contributed by atoms with van der Waals surface area (Å²) in [6.45, 7) is 5.54. The summed E-state index contributed by atoms with van der Waals surface area (Å²) < 4.78 is 0. The van der Waals surface area contributed by atoms with Gasteiger partial charge in [0, 0.05) is 29.5 Å². The quantitative estimate of drug-likeness (QED) is 0.655. The van der Waals surface area contributed by atoms with Gasteiger partial charge in [0.25, 0.3) is 5.69 Å². The molecule has 6 nitrogen and oxygen atoms in total. The first-order valence-corrected chi connectivity index (χ1v) is 8.26. The number of non-ortho nitro benzene ring substituents is 1. The topological polar surface area (TPSA) is 92.8 Å². The van der Waals surface area contributed by atoms with Crippen molar-refractivity contribution in [3.8, 4) is 0 Å². The normalized spacial score (nSPS) is 21.1. The van der Waals surface area contributed by atoms with Crippen LogP contribution < -0.4 is 0 Å². The Morgan fingerprint density at radius 2 is 2.13 bits per heavy atom. The molecule has 0 bridgehead atoms. The lowest BCUT2D eigenvalue weighted by Crippen LogP contribution is -2.32. The van der Waals surface area contributed by atoms with Gasteiger partial charge in [0.05, 0.1) is 15.7 Å². The van der Waals surface area contributed by atoms with Gasteiger partial charge in [-0.05, 0) is 25.2 Å². The van der Waals surface area contributed by atoms with Gasteiger partial charge < -0.3 is 5.11 Å². The van der Waals surface area contributed by atoms with Crippen molar-refractivity contribution in [3.63, 3.8) is 0 Å². The summed E-state index contributed by atoms with van der Waals surface area (Å²) in [5.41, 5.74) is 2.11. The van der Waals surface area contributed by atoms with Crippen LogP contribution in [0, 0.1) is 10.1 Å². The Labute approximate surface area is 138 Å². The SMILES string of the molecule is CCSC1C(C)=NC(C)=C(C(=O)O)C1c1cccc([N+](=O)[O-])c1. The third kappa shape index (κ3) is 3.44. The van der Waals surface area contributed by atoms with E-state index in [0.29, 0.717) is 11.3 Å². The molecule has 1 aromatic rings. The highest BCUT2D eigenvalue weighted by Gasteiger charge is 2.37. The van der Waals surface area contributed by atoms with Gasteiger partial charge >= 0.3 is 5.97 Å². The number of hydrogen-bond donors (Lipinski definition) is 1. The fraction of sp³-hybridized carbons (Fsp3) is 0.375. The number of allylic oxidation sites excluding steroid dienone is 1. The van der Waals surface area contributed by atoms with E-state index in [9.17, 15) is 20.0 Å². The Bertz CT molecular complexity index is 712. The zero-order chi connectivity index (χ0) is 17.1. The van der Waals surface area contributed by atoms with E-state index in [1.54, 1.807) is 30.8 Å². The van der Waals surface area contributed by atoms with Crippen LogP contribution in [0.2, 0.25) is 0 Å². The van der Waals surface area contributed by atoms with Gasteiger partial charge in [0.1, 0.15) is 0 Å². The molecule has 0 aromatic heterocycles. The summed E-state index contributed by atoms with van der Waals surface area (Å²) in [5.74, 6) is -0.679. The number of thioether (sulfide) groups is 1. The highest BCUT2D eigenvalue weighted by atomic mass is 32.2. The van der Waals surface area contributed by atoms with Crippen LogP contribution in [0.15, 0.2) is 40.5 Å². The van der Waals surface area contributed by atoms with Crippen molar-refractivity contribution in [2.45, 2.75) is 31.9 Å². The van der Waals surface area contributed by atoms with Gasteiger partial charge in [-0.3, -0.25) is 15.1 Å². The van der Waals surface area contributed by atoms with E-state index in [4.69, 9.17) is 0 Å². The van der Waals surface area contributed by atoms with Crippen molar-refractivity contribution < 1.29 is 14.8 Å². The molecule has 0 radical (unpaired) electrons. The second-order valence-electron chi connectivity index (χ2n) is 5.26. The lowest BCUT2D eigenvalue weighted by atomic mass is 9.83. The summed E-state index contributed by atoms with van der Waals surface area (Å²) in [6.07, 6.45) is 0. The number of nitro benzene ring substituents is 1. The maximum Gasteiger partial charge on any atom is 0.334 e. The van der Waals surface area contributed by atoms with E-state index in [1.165, 1.54) is 12.1 Å². The van der Waals surface area contributed by atoms with Crippen LogP contribution >= 0.6 is 11.8 Å². The molecule has 0 aliphatic carbocycles. The lowest BCUT2D eigenvalue weighted by molar-refractivity contribution is -0.384. The van der Waals surface area contributed by atoms with Gasteiger partial charge in [-0.15, -0.1) is 0 Å². The molecule has 1 aromatic carbocycles. The first-order valence-electron chi connectivity index (χ1n) is 7.22. The summed E-state index contributed by atoms with van der Waals surface area (Å²) in [4.78, 5) is 26.7. The molecule has 2 atom stereocenters. The predicted molar refractivity (Wildman–Crippen MR) is 91.2 cm³/mol. The Balaban J connectivity index is 2.61. The molecule has 0 fully saturated rings. The number of nitro groups is 1. The van der Waals surface area contributed by atoms with Gasteiger partial charge in [-0.1, -0.05) is 19.1 Å². The van der Waals surface area contributed by atoms with Crippen molar-refractivity contribution in [3.05, 3.63) is 51.2 Å². The molecule has 1 aliphatic rings. The van der Waals surface area contributed by atoms with Crippen LogP contribution in [0.5, 0.6) is 0 Å². The Kier molecular flexibility index (Phi) is 5.20. The molecule has 1 N–H and O–H groups in total. The summed E-state index contributed by atoms with van der Waals surface area (Å²) in [6, 6.07) is 6.21. The molecule has 1 aliphatic heterocycles. The van der Waals surface area contributed by atoms with Crippen molar-refractivity contribution in [2.24, 2.45) is 4.99 Å². The highest BCUT2D eigenvalue weighted by Crippen LogP contribution is 2.41. The van der Waals surface area contributed by atoms with Crippen LogP contribution in [-0.2, 0) is 4.79 Å². The van der Waals surface area contributed by atoms with Crippen molar-refractivity contribution in [2.75, 3.05) is 5.75 Å². The van der Waals surface area contributed by atoms with Crippen molar-refractivity contribution in [1.29, 1.82) is 0 Å². The minimum atomic E-state index is -1.03. The summed E-state index contributed by atoms with van der Waals surface area (Å²) in [5, 5.41) is 20.5. The number of carboxylic acid groups (broad SMARTS) is 1. The summed E-state index contributed by atoms with van der Waals surface area (Å²) in [7, 11) is 0. The fourth-order valence-corrected chi connectivity index (χ4v) is 4.00. The fourth-order valence-electron chi connectivity index (χ4n) is 2.86. The zero-order valence-corrected chi connectivity index (χ0v) is 14.0. The zero-order valence-electron chi connectivity index (χ0n) is 13.1. The molecule has 0 saturated carbocycles. The van der Waals surface area contributed by atoms with Gasteiger partial charge in [-0.2, -0.15) is 11.8 Å². The molecule has 2 rings (SSSR count). The van der Waals surface area contributed by atoms with Crippen LogP contribution in [0.4, 0.5) is 5.69 Å². The number of aliphatic carboxylic acids is 1. The molecular formula is C16H18N2O4S. The number of hydrogen-bond acceptors (Lipinski definition) is 5. The molecule has 0 spiro atoms. The number of rotatable bonds is 5. The Morgan fingerprint density at radius 1 is 1.43 bits per heavy atom. The summed E-state index contributed by atoms with van der Waals surface area (Å²) >= 11 is 1.60. The molecule has 7 heteroatoms. The molecule has 2 unspecified atom stereocenters. The van der Waals surface area contributed by atoms with Gasteiger partial charge in [-0.25, -0.2) is 4.79 Å². The van der Waals surface area contributed by atoms with E-state index in [-0.39, 0.29) is 16.5 Å². The standard InChI is InChI=1S/C16H18N2O4S/c1-4-23-15-10(3)17-9(2)13(16(19)20)14(15)11-6-5-7-12(8-11)18(21)22/h5-8,14-15H,4H2,1-3H3,(H,19,20). The van der Waals surface area contributed by atoms with E-state index in [0.717, 1.165) is 11.5 Å². The number of carbonyl (C=O) groups is 1. The van der Waals surface area contributed by atoms with Crippen molar-refractivity contribution >= 4 is 29.1 Å². The maximum atomic E-state index is 11.8. The van der Waals surface area contributed by atoms with Gasteiger partial charge in [0.15, 0.2) is 0 Å². The van der Waals surface area contributed by atoms with Crippen LogP contribution in [-0.4, -0.2) is 32.7 Å². The van der Waals surface area contributed by atoms with Gasteiger partial charge in [0.2, 0.25) is 0 Å². The predicted octanol–water partition coefficient (Wildman–Crippen LogP) is 3.63. The molecule has 0 amide bonds. The highest BCUT2D eigenvalue weighted by molar-refractivity contribution is 8.00. The lowest BCUT2D eigenvalue weighted by Gasteiger charge is -2.31.